The molecule has 0 atom stereocenters. The Morgan fingerprint density at radius 2 is 2.41 bits per heavy atom. The van der Waals surface area contributed by atoms with Gasteiger partial charge in [0.15, 0.2) is 0 Å². The van der Waals surface area contributed by atoms with Crippen molar-refractivity contribution in [1.29, 1.82) is 0 Å². The van der Waals surface area contributed by atoms with E-state index in [4.69, 9.17) is 5.11 Å². The lowest BCUT2D eigenvalue weighted by Gasteiger charge is -1.91. The van der Waals surface area contributed by atoms with Gasteiger partial charge < -0.3 is 5.11 Å². The van der Waals surface area contributed by atoms with Crippen molar-refractivity contribution in [3.63, 3.8) is 0 Å². The van der Waals surface area contributed by atoms with Crippen LogP contribution in [0.15, 0.2) is 17.3 Å². The number of hydrogen-bond acceptors (Lipinski definition) is 5. The molecular formula is C11H11N3OS2. The monoisotopic (exact) mass is 265 g/mol. The summed E-state index contributed by atoms with van der Waals surface area (Å²) in [5.41, 5.74) is 0. The molecule has 88 valence electrons. The van der Waals surface area contributed by atoms with Crippen LogP contribution in [0, 0.1) is 18.8 Å². The number of aryl methyl sites for hydroxylation is 1. The van der Waals surface area contributed by atoms with Crippen molar-refractivity contribution in [1.82, 2.24) is 15.2 Å². The van der Waals surface area contributed by atoms with Crippen molar-refractivity contribution in [2.75, 3.05) is 6.61 Å². The SMILES string of the molecule is Cc1nc(SCc2ccc(C#CCO)s2)n[nH]1. The molecule has 4 nitrogen and oxygen atoms in total. The first kappa shape index (κ1) is 12.2. The van der Waals surface area contributed by atoms with Gasteiger partial charge in [-0.25, -0.2) is 4.98 Å². The zero-order chi connectivity index (χ0) is 12.1. The predicted molar refractivity (Wildman–Crippen MR) is 69.0 cm³/mol. The first-order valence-corrected chi connectivity index (χ1v) is 6.78. The van der Waals surface area contributed by atoms with Crippen LogP contribution in [0.2, 0.25) is 0 Å². The first-order valence-electron chi connectivity index (χ1n) is 4.98. The lowest BCUT2D eigenvalue weighted by Crippen LogP contribution is -1.77. The topological polar surface area (TPSA) is 61.8 Å². The van der Waals surface area contributed by atoms with Crippen LogP contribution in [0.4, 0.5) is 0 Å². The molecule has 6 heteroatoms. The number of nitrogens with one attached hydrogen (secondary N) is 1. The van der Waals surface area contributed by atoms with Gasteiger partial charge >= 0.3 is 0 Å². The lowest BCUT2D eigenvalue weighted by molar-refractivity contribution is 0.350. The largest absolute Gasteiger partial charge is 0.384 e. The molecule has 0 fully saturated rings. The molecule has 0 saturated carbocycles. The number of H-pyrrole nitrogens is 1. The second-order valence-corrected chi connectivity index (χ2v) is 5.33. The summed E-state index contributed by atoms with van der Waals surface area (Å²) < 4.78 is 0. The molecule has 2 N–H and O–H groups in total. The van der Waals surface area contributed by atoms with Crippen LogP contribution in [-0.4, -0.2) is 26.9 Å². The molecule has 0 saturated heterocycles. The average molecular weight is 265 g/mol. The fraction of sp³-hybridized carbons (Fsp3) is 0.273. The molecule has 0 amide bonds. The number of thiophene rings is 1. The van der Waals surface area contributed by atoms with Crippen LogP contribution in [0.25, 0.3) is 0 Å². The summed E-state index contributed by atoms with van der Waals surface area (Å²) in [4.78, 5) is 6.42. The van der Waals surface area contributed by atoms with Gasteiger partial charge in [-0.1, -0.05) is 23.6 Å². The summed E-state index contributed by atoms with van der Waals surface area (Å²) in [7, 11) is 0. The molecule has 0 spiro atoms. The molecule has 0 aliphatic rings. The highest BCUT2D eigenvalue weighted by molar-refractivity contribution is 7.98. The third kappa shape index (κ3) is 3.60. The van der Waals surface area contributed by atoms with Crippen LogP contribution in [0.1, 0.15) is 15.6 Å². The number of aromatic nitrogens is 3. The molecule has 0 aromatic carbocycles. The van der Waals surface area contributed by atoms with E-state index in [1.165, 1.54) is 4.88 Å². The number of nitrogens with zero attached hydrogens (tertiary/aromatic N) is 2. The molecule has 0 radical (unpaired) electrons. The Morgan fingerprint density at radius 3 is 3.12 bits per heavy atom. The van der Waals surface area contributed by atoms with E-state index in [0.29, 0.717) is 0 Å². The second-order valence-electron chi connectivity index (χ2n) is 3.22. The van der Waals surface area contributed by atoms with Crippen LogP contribution < -0.4 is 0 Å². The highest BCUT2D eigenvalue weighted by atomic mass is 32.2. The van der Waals surface area contributed by atoms with Crippen LogP contribution in [0.5, 0.6) is 0 Å². The van der Waals surface area contributed by atoms with E-state index in [1.807, 2.05) is 19.1 Å². The van der Waals surface area contributed by atoms with Crippen LogP contribution in [0.3, 0.4) is 0 Å². The van der Waals surface area contributed by atoms with Gasteiger partial charge in [0.05, 0.1) is 4.88 Å². The van der Waals surface area contributed by atoms with Gasteiger partial charge in [0.25, 0.3) is 0 Å². The van der Waals surface area contributed by atoms with Gasteiger partial charge in [0, 0.05) is 10.6 Å². The molecule has 0 unspecified atom stereocenters. The molecular weight excluding hydrogens is 254 g/mol. The van der Waals surface area contributed by atoms with Crippen molar-refractivity contribution in [3.05, 3.63) is 27.7 Å². The minimum atomic E-state index is -0.0988. The van der Waals surface area contributed by atoms with E-state index >= 15 is 0 Å². The maximum atomic E-state index is 8.60. The Kier molecular flexibility index (Phi) is 4.20. The number of aliphatic hydroxyl groups excluding tert-OH is 1. The fourth-order valence-electron chi connectivity index (χ4n) is 1.17. The summed E-state index contributed by atoms with van der Waals surface area (Å²) in [6.07, 6.45) is 0. The summed E-state index contributed by atoms with van der Waals surface area (Å²) >= 11 is 3.22. The average Bonchev–Trinajstić information content (AvgIpc) is 2.93. The maximum Gasteiger partial charge on any atom is 0.208 e. The van der Waals surface area contributed by atoms with E-state index in [1.54, 1.807) is 23.1 Å². The highest BCUT2D eigenvalue weighted by Gasteiger charge is 2.03. The molecule has 0 bridgehead atoms. The van der Waals surface area contributed by atoms with Crippen molar-refractivity contribution in [2.24, 2.45) is 0 Å². The first-order chi connectivity index (χ1) is 8.28. The summed E-state index contributed by atoms with van der Waals surface area (Å²) in [6.45, 7) is 1.78. The standard InChI is InChI=1S/C11H11N3OS2/c1-8-12-11(14-13-8)16-7-10-5-4-9(17-10)3-2-6-15/h4-5,15H,6-7H2,1H3,(H,12,13,14). The van der Waals surface area contributed by atoms with Crippen LogP contribution in [-0.2, 0) is 5.75 Å². The molecule has 0 aliphatic heterocycles. The molecule has 17 heavy (non-hydrogen) atoms. The zero-order valence-electron chi connectivity index (χ0n) is 9.23. The molecule has 0 aliphatic carbocycles. The number of aliphatic hydroxyl groups is 1. The van der Waals surface area contributed by atoms with Gasteiger partial charge in [-0.05, 0) is 19.1 Å². The van der Waals surface area contributed by atoms with E-state index in [9.17, 15) is 0 Å². The van der Waals surface area contributed by atoms with Gasteiger partial charge in [-0.2, -0.15) is 0 Å². The summed E-state index contributed by atoms with van der Waals surface area (Å²) in [6, 6.07) is 4.00. The van der Waals surface area contributed by atoms with E-state index < -0.39 is 0 Å². The Hall–Kier alpha value is -1.29. The van der Waals surface area contributed by atoms with Gasteiger partial charge in [-0.3, -0.25) is 5.10 Å². The summed E-state index contributed by atoms with van der Waals surface area (Å²) in [5.74, 6) is 7.19. The van der Waals surface area contributed by atoms with Crippen molar-refractivity contribution in [2.45, 2.75) is 17.8 Å². The number of rotatable bonds is 3. The smallest absolute Gasteiger partial charge is 0.208 e. The number of aromatic amines is 1. The van der Waals surface area contributed by atoms with Crippen molar-refractivity contribution >= 4 is 23.1 Å². The zero-order valence-corrected chi connectivity index (χ0v) is 10.9. The Balaban J connectivity index is 1.93. The third-order valence-electron chi connectivity index (χ3n) is 1.87. The third-order valence-corrected chi connectivity index (χ3v) is 3.95. The Labute approximate surface area is 107 Å². The minimum Gasteiger partial charge on any atom is -0.384 e. The minimum absolute atomic E-state index is 0.0988. The van der Waals surface area contributed by atoms with Crippen molar-refractivity contribution in [3.8, 4) is 11.8 Å². The van der Waals surface area contributed by atoms with Crippen LogP contribution >= 0.6 is 23.1 Å². The van der Waals surface area contributed by atoms with E-state index in [2.05, 4.69) is 27.0 Å². The Bertz CT molecular complexity index is 550. The van der Waals surface area contributed by atoms with E-state index in [-0.39, 0.29) is 6.61 Å². The van der Waals surface area contributed by atoms with E-state index in [0.717, 1.165) is 21.6 Å². The molecule has 2 aromatic rings. The normalized spacial score (nSPS) is 10.0. The molecule has 2 aromatic heterocycles. The lowest BCUT2D eigenvalue weighted by atomic mass is 10.4. The van der Waals surface area contributed by atoms with Gasteiger partial charge in [0.1, 0.15) is 12.4 Å². The Morgan fingerprint density at radius 1 is 1.53 bits per heavy atom. The summed E-state index contributed by atoms with van der Waals surface area (Å²) in [5, 5.41) is 16.2. The molecule has 2 rings (SSSR count). The van der Waals surface area contributed by atoms with Gasteiger partial charge in [0.2, 0.25) is 5.16 Å². The number of thioether (sulfide) groups is 1. The predicted octanol–water partition coefficient (Wildman–Crippen LogP) is 1.81. The fourth-order valence-corrected chi connectivity index (χ4v) is 2.94. The maximum absolute atomic E-state index is 8.60. The second kappa shape index (κ2) is 5.87. The van der Waals surface area contributed by atoms with Gasteiger partial charge in [-0.15, -0.1) is 16.4 Å². The van der Waals surface area contributed by atoms with Crippen molar-refractivity contribution < 1.29 is 5.11 Å². The highest BCUT2D eigenvalue weighted by Crippen LogP contribution is 2.24. The quantitative estimate of drug-likeness (QED) is 0.656. The number of hydrogen-bond donors (Lipinski definition) is 2. The molecule has 2 heterocycles.